The average Bonchev–Trinajstić information content (AvgIpc) is 2.74. The maximum atomic E-state index is 12.5. The van der Waals surface area contributed by atoms with Crippen LogP contribution in [0.4, 0.5) is 0 Å². The average molecular weight is 316 g/mol. The third kappa shape index (κ3) is 3.73. The minimum absolute atomic E-state index is 0.128. The molecule has 0 bridgehead atoms. The molecule has 114 valence electrons. The fourth-order valence-electron chi connectivity index (χ4n) is 3.03. The first kappa shape index (κ1) is 16.2. The van der Waals surface area contributed by atoms with Crippen molar-refractivity contribution in [2.45, 2.75) is 56.6 Å². The molecule has 2 atom stereocenters. The van der Waals surface area contributed by atoms with Crippen LogP contribution in [0.5, 0.6) is 0 Å². The summed E-state index contributed by atoms with van der Waals surface area (Å²) in [6.07, 6.45) is 2.63. The zero-order chi connectivity index (χ0) is 15.0. The van der Waals surface area contributed by atoms with Crippen LogP contribution in [0.3, 0.4) is 0 Å². The lowest BCUT2D eigenvalue weighted by atomic mass is 9.76. The first-order valence-electron chi connectivity index (χ1n) is 7.24. The standard InChI is InChI=1S/C15H24O3S2/c1-10(16)11-5-6-15(19-7-8-20-15)9-12(11)13(17)18-14(2,3)4/h11-12H,5-9H2,1-4H3/t11-,12+/m1/s1. The van der Waals surface area contributed by atoms with E-state index in [-0.39, 0.29) is 27.7 Å². The fourth-order valence-corrected chi connectivity index (χ4v) is 6.39. The molecule has 2 aliphatic rings. The molecule has 2 fully saturated rings. The van der Waals surface area contributed by atoms with Crippen LogP contribution in [0.15, 0.2) is 0 Å². The predicted octanol–water partition coefficient (Wildman–Crippen LogP) is 3.51. The lowest BCUT2D eigenvalue weighted by Gasteiger charge is -2.40. The molecule has 1 heterocycles. The van der Waals surface area contributed by atoms with Gasteiger partial charge >= 0.3 is 5.97 Å². The van der Waals surface area contributed by atoms with Crippen LogP contribution >= 0.6 is 23.5 Å². The molecule has 0 aromatic rings. The van der Waals surface area contributed by atoms with Crippen LogP contribution in [0.25, 0.3) is 0 Å². The Morgan fingerprint density at radius 3 is 2.25 bits per heavy atom. The molecule has 0 N–H and O–H groups in total. The van der Waals surface area contributed by atoms with Crippen LogP contribution in [0.1, 0.15) is 47.0 Å². The van der Waals surface area contributed by atoms with Gasteiger partial charge in [0.15, 0.2) is 0 Å². The van der Waals surface area contributed by atoms with E-state index in [1.165, 1.54) is 0 Å². The Morgan fingerprint density at radius 1 is 1.15 bits per heavy atom. The molecular formula is C15H24O3S2. The first-order valence-corrected chi connectivity index (χ1v) is 9.21. The summed E-state index contributed by atoms with van der Waals surface area (Å²) in [5.74, 6) is 1.82. The number of thioether (sulfide) groups is 2. The van der Waals surface area contributed by atoms with Gasteiger partial charge in [0, 0.05) is 17.4 Å². The van der Waals surface area contributed by atoms with E-state index in [9.17, 15) is 9.59 Å². The minimum atomic E-state index is -0.487. The highest BCUT2D eigenvalue weighted by molar-refractivity contribution is 8.21. The second-order valence-corrected chi connectivity index (χ2v) is 9.92. The van der Waals surface area contributed by atoms with Crippen molar-refractivity contribution in [3.63, 3.8) is 0 Å². The van der Waals surface area contributed by atoms with Crippen molar-refractivity contribution < 1.29 is 14.3 Å². The monoisotopic (exact) mass is 316 g/mol. The molecule has 5 heteroatoms. The smallest absolute Gasteiger partial charge is 0.310 e. The van der Waals surface area contributed by atoms with Gasteiger partial charge in [-0.25, -0.2) is 0 Å². The second-order valence-electron chi connectivity index (χ2n) is 6.71. The van der Waals surface area contributed by atoms with E-state index in [1.807, 2.05) is 44.3 Å². The Balaban J connectivity index is 2.14. The summed E-state index contributed by atoms with van der Waals surface area (Å²) >= 11 is 3.92. The second kappa shape index (κ2) is 5.91. The number of rotatable bonds is 2. The fraction of sp³-hybridized carbons (Fsp3) is 0.867. The Kier molecular flexibility index (Phi) is 4.80. The molecule has 0 radical (unpaired) electrons. The van der Waals surface area contributed by atoms with Crippen LogP contribution in [0.2, 0.25) is 0 Å². The molecule has 2 rings (SSSR count). The normalized spacial score (nSPS) is 29.4. The van der Waals surface area contributed by atoms with Crippen molar-refractivity contribution in [2.75, 3.05) is 11.5 Å². The van der Waals surface area contributed by atoms with Crippen molar-refractivity contribution in [3.05, 3.63) is 0 Å². The molecular weight excluding hydrogens is 292 g/mol. The maximum absolute atomic E-state index is 12.5. The minimum Gasteiger partial charge on any atom is -0.460 e. The van der Waals surface area contributed by atoms with Crippen molar-refractivity contribution in [3.8, 4) is 0 Å². The molecule has 0 unspecified atom stereocenters. The van der Waals surface area contributed by atoms with Crippen molar-refractivity contribution in [1.29, 1.82) is 0 Å². The Morgan fingerprint density at radius 2 is 1.75 bits per heavy atom. The number of Topliss-reactive ketones (excluding diaryl/α,β-unsaturated/α-hetero) is 1. The number of ketones is 1. The van der Waals surface area contributed by atoms with Gasteiger partial charge < -0.3 is 4.74 Å². The van der Waals surface area contributed by atoms with Gasteiger partial charge in [-0.05, 0) is 47.0 Å². The van der Waals surface area contributed by atoms with Gasteiger partial charge in [0.05, 0.1) is 10.00 Å². The number of carbonyl (C=O) groups excluding carboxylic acids is 2. The van der Waals surface area contributed by atoms with Crippen LogP contribution < -0.4 is 0 Å². The van der Waals surface area contributed by atoms with Gasteiger partial charge in [-0.2, -0.15) is 0 Å². The molecule has 1 aliphatic carbocycles. The topological polar surface area (TPSA) is 43.4 Å². The van der Waals surface area contributed by atoms with Crippen LogP contribution in [0, 0.1) is 11.8 Å². The van der Waals surface area contributed by atoms with Crippen molar-refractivity contribution in [2.24, 2.45) is 11.8 Å². The number of hydrogen-bond acceptors (Lipinski definition) is 5. The molecule has 1 saturated carbocycles. The molecule has 1 spiro atoms. The van der Waals surface area contributed by atoms with Gasteiger partial charge in [-0.1, -0.05) is 0 Å². The summed E-state index contributed by atoms with van der Waals surface area (Å²) in [4.78, 5) is 24.3. The summed E-state index contributed by atoms with van der Waals surface area (Å²) in [6.45, 7) is 7.25. The van der Waals surface area contributed by atoms with Gasteiger partial charge in [-0.3, -0.25) is 9.59 Å². The molecule has 0 aromatic heterocycles. The maximum Gasteiger partial charge on any atom is 0.310 e. The van der Waals surface area contributed by atoms with Gasteiger partial charge in [0.2, 0.25) is 0 Å². The van der Waals surface area contributed by atoms with Crippen molar-refractivity contribution in [1.82, 2.24) is 0 Å². The highest BCUT2D eigenvalue weighted by Gasteiger charge is 2.48. The number of esters is 1. The lowest BCUT2D eigenvalue weighted by molar-refractivity contribution is -0.164. The van der Waals surface area contributed by atoms with Gasteiger partial charge in [0.1, 0.15) is 11.4 Å². The van der Waals surface area contributed by atoms with E-state index in [1.54, 1.807) is 6.92 Å². The van der Waals surface area contributed by atoms with E-state index in [4.69, 9.17) is 4.74 Å². The molecule has 3 nitrogen and oxygen atoms in total. The summed E-state index contributed by atoms with van der Waals surface area (Å²) in [7, 11) is 0. The number of hydrogen-bond donors (Lipinski definition) is 0. The van der Waals surface area contributed by atoms with E-state index in [0.717, 1.165) is 30.8 Å². The zero-order valence-corrected chi connectivity index (χ0v) is 14.4. The lowest BCUT2D eigenvalue weighted by Crippen LogP contribution is -2.42. The number of ether oxygens (including phenoxy) is 1. The van der Waals surface area contributed by atoms with E-state index in [2.05, 4.69) is 0 Å². The highest BCUT2D eigenvalue weighted by Crippen LogP contribution is 2.55. The Labute approximate surface area is 130 Å². The predicted molar refractivity (Wildman–Crippen MR) is 85.0 cm³/mol. The Hall–Kier alpha value is -0.160. The van der Waals surface area contributed by atoms with E-state index in [0.29, 0.717) is 0 Å². The van der Waals surface area contributed by atoms with E-state index < -0.39 is 5.60 Å². The largest absolute Gasteiger partial charge is 0.460 e. The zero-order valence-electron chi connectivity index (χ0n) is 12.7. The highest BCUT2D eigenvalue weighted by atomic mass is 32.2. The molecule has 0 aromatic carbocycles. The molecule has 0 amide bonds. The number of carbonyl (C=O) groups is 2. The SMILES string of the molecule is CC(=O)[C@H]1CCC2(C[C@@H]1C(=O)OC(C)(C)C)SCCS2. The summed E-state index contributed by atoms with van der Waals surface area (Å²) < 4.78 is 5.70. The molecule has 20 heavy (non-hydrogen) atoms. The van der Waals surface area contributed by atoms with Crippen LogP contribution in [-0.4, -0.2) is 32.9 Å². The summed E-state index contributed by atoms with van der Waals surface area (Å²) in [5, 5.41) is 0. The summed E-state index contributed by atoms with van der Waals surface area (Å²) in [5.41, 5.74) is -0.487. The van der Waals surface area contributed by atoms with Gasteiger partial charge in [-0.15, -0.1) is 23.5 Å². The van der Waals surface area contributed by atoms with Crippen LogP contribution in [-0.2, 0) is 14.3 Å². The first-order chi connectivity index (χ1) is 9.22. The summed E-state index contributed by atoms with van der Waals surface area (Å²) in [6, 6.07) is 0. The van der Waals surface area contributed by atoms with E-state index >= 15 is 0 Å². The van der Waals surface area contributed by atoms with Gasteiger partial charge in [0.25, 0.3) is 0 Å². The molecule has 1 saturated heterocycles. The third-order valence-electron chi connectivity index (χ3n) is 3.90. The third-order valence-corrected chi connectivity index (χ3v) is 7.47. The Bertz CT molecular complexity index is 394. The van der Waals surface area contributed by atoms with Crippen molar-refractivity contribution >= 4 is 35.3 Å². The molecule has 1 aliphatic heterocycles. The quantitative estimate of drug-likeness (QED) is 0.729.